The van der Waals surface area contributed by atoms with E-state index < -0.39 is 17.6 Å². The monoisotopic (exact) mass is 286 g/mol. The topological polar surface area (TPSA) is 35.8 Å². The van der Waals surface area contributed by atoms with Crippen molar-refractivity contribution in [3.63, 3.8) is 0 Å². The Morgan fingerprint density at radius 3 is 2.65 bits per heavy atom. The fourth-order valence-corrected chi connectivity index (χ4v) is 2.52. The van der Waals surface area contributed by atoms with Crippen LogP contribution in [0.3, 0.4) is 0 Å². The van der Waals surface area contributed by atoms with Crippen LogP contribution in [-0.4, -0.2) is 6.04 Å². The molecule has 6 heteroatoms. The summed E-state index contributed by atoms with van der Waals surface area (Å²) in [7, 11) is 0. The zero-order chi connectivity index (χ0) is 14.8. The molecule has 2 nitrogen and oxygen atoms in total. The van der Waals surface area contributed by atoms with Gasteiger partial charge >= 0.3 is 6.18 Å². The summed E-state index contributed by atoms with van der Waals surface area (Å²) in [5, 5.41) is 12.0. The molecular weight excluding hydrogens is 272 g/mol. The number of nitrogens with zero attached hydrogens (tertiary/aromatic N) is 1. The van der Waals surface area contributed by atoms with E-state index in [2.05, 4.69) is 11.4 Å². The van der Waals surface area contributed by atoms with Gasteiger partial charge in [0.15, 0.2) is 0 Å². The highest BCUT2D eigenvalue weighted by atomic mass is 19.4. The SMILES string of the molecule is N#CC1CCCC1NCc1cc(F)cc(C(F)(F)F)c1. The molecule has 1 aliphatic carbocycles. The van der Waals surface area contributed by atoms with Gasteiger partial charge in [0.25, 0.3) is 0 Å². The summed E-state index contributed by atoms with van der Waals surface area (Å²) >= 11 is 0. The van der Waals surface area contributed by atoms with E-state index in [4.69, 9.17) is 5.26 Å². The van der Waals surface area contributed by atoms with Crippen molar-refractivity contribution < 1.29 is 17.6 Å². The van der Waals surface area contributed by atoms with E-state index in [1.807, 2.05) is 0 Å². The molecule has 0 aromatic heterocycles. The zero-order valence-electron chi connectivity index (χ0n) is 10.7. The maximum atomic E-state index is 13.2. The minimum Gasteiger partial charge on any atom is -0.309 e. The molecule has 1 fully saturated rings. The van der Waals surface area contributed by atoms with Gasteiger partial charge in [0.05, 0.1) is 17.6 Å². The average Bonchev–Trinajstić information content (AvgIpc) is 2.82. The minimum atomic E-state index is -4.56. The van der Waals surface area contributed by atoms with Crippen LogP contribution in [0.2, 0.25) is 0 Å². The van der Waals surface area contributed by atoms with Crippen molar-refractivity contribution in [3.05, 3.63) is 35.1 Å². The fourth-order valence-electron chi connectivity index (χ4n) is 2.52. The Morgan fingerprint density at radius 1 is 1.25 bits per heavy atom. The van der Waals surface area contributed by atoms with Crippen LogP contribution < -0.4 is 5.32 Å². The first kappa shape index (κ1) is 14.8. The average molecular weight is 286 g/mol. The van der Waals surface area contributed by atoms with E-state index in [0.29, 0.717) is 6.07 Å². The van der Waals surface area contributed by atoms with Crippen molar-refractivity contribution in [2.45, 2.75) is 38.0 Å². The molecule has 0 radical (unpaired) electrons. The van der Waals surface area contributed by atoms with E-state index in [9.17, 15) is 17.6 Å². The zero-order valence-corrected chi connectivity index (χ0v) is 10.7. The van der Waals surface area contributed by atoms with E-state index in [1.165, 1.54) is 0 Å². The smallest absolute Gasteiger partial charge is 0.309 e. The highest BCUT2D eigenvalue weighted by molar-refractivity contribution is 5.26. The van der Waals surface area contributed by atoms with E-state index in [0.717, 1.165) is 31.4 Å². The first-order valence-electron chi connectivity index (χ1n) is 6.40. The van der Waals surface area contributed by atoms with Crippen LogP contribution in [0.1, 0.15) is 30.4 Å². The van der Waals surface area contributed by atoms with Gasteiger partial charge in [-0.15, -0.1) is 0 Å². The van der Waals surface area contributed by atoms with Crippen LogP contribution in [0.5, 0.6) is 0 Å². The standard InChI is InChI=1S/C14H14F4N2/c15-12-5-9(4-11(6-12)14(16,17)18)8-20-13-3-1-2-10(13)7-19/h4-6,10,13,20H,1-3,8H2. The molecule has 2 unspecified atom stereocenters. The molecule has 1 saturated carbocycles. The van der Waals surface area contributed by atoms with Crippen LogP contribution in [0.25, 0.3) is 0 Å². The number of nitriles is 1. The number of hydrogen-bond acceptors (Lipinski definition) is 2. The van der Waals surface area contributed by atoms with Gasteiger partial charge in [0, 0.05) is 12.6 Å². The Balaban J connectivity index is 2.07. The van der Waals surface area contributed by atoms with Crippen LogP contribution in [0.4, 0.5) is 17.6 Å². The van der Waals surface area contributed by atoms with Crippen LogP contribution >= 0.6 is 0 Å². The van der Waals surface area contributed by atoms with Gasteiger partial charge in [0.2, 0.25) is 0 Å². The molecule has 1 aliphatic rings. The lowest BCUT2D eigenvalue weighted by Crippen LogP contribution is -2.31. The van der Waals surface area contributed by atoms with Crippen LogP contribution in [-0.2, 0) is 12.7 Å². The predicted octanol–water partition coefficient (Wildman–Crippen LogP) is 3.63. The largest absolute Gasteiger partial charge is 0.416 e. The summed E-state index contributed by atoms with van der Waals surface area (Å²) in [6.45, 7) is 0.129. The molecule has 108 valence electrons. The third-order valence-corrected chi connectivity index (χ3v) is 3.54. The third-order valence-electron chi connectivity index (χ3n) is 3.54. The summed E-state index contributed by atoms with van der Waals surface area (Å²) in [6.07, 6.45) is -2.02. The van der Waals surface area contributed by atoms with Gasteiger partial charge in [-0.2, -0.15) is 18.4 Å². The molecule has 2 rings (SSSR count). The van der Waals surface area contributed by atoms with Gasteiger partial charge in [0.1, 0.15) is 5.82 Å². The van der Waals surface area contributed by atoms with Gasteiger partial charge in [-0.1, -0.05) is 6.42 Å². The fraction of sp³-hybridized carbons (Fsp3) is 0.500. The molecule has 20 heavy (non-hydrogen) atoms. The minimum absolute atomic E-state index is 0.0300. The van der Waals surface area contributed by atoms with Crippen molar-refractivity contribution in [2.24, 2.45) is 5.92 Å². The predicted molar refractivity (Wildman–Crippen MR) is 65.0 cm³/mol. The van der Waals surface area contributed by atoms with E-state index in [-0.39, 0.29) is 24.1 Å². The molecule has 1 aromatic rings. The van der Waals surface area contributed by atoms with Crippen molar-refractivity contribution in [3.8, 4) is 6.07 Å². The molecule has 0 spiro atoms. The molecule has 0 amide bonds. The van der Waals surface area contributed by atoms with Crippen molar-refractivity contribution in [1.82, 2.24) is 5.32 Å². The molecule has 0 heterocycles. The Morgan fingerprint density at radius 2 is 2.00 bits per heavy atom. The molecule has 0 saturated heterocycles. The molecule has 1 N–H and O–H groups in total. The number of benzene rings is 1. The van der Waals surface area contributed by atoms with E-state index in [1.54, 1.807) is 0 Å². The highest BCUT2D eigenvalue weighted by Gasteiger charge is 2.31. The first-order valence-corrected chi connectivity index (χ1v) is 6.40. The maximum absolute atomic E-state index is 13.2. The summed E-state index contributed by atoms with van der Waals surface area (Å²) in [5.74, 6) is -1.02. The summed E-state index contributed by atoms with van der Waals surface area (Å²) in [5.41, 5.74) is -0.751. The van der Waals surface area contributed by atoms with Crippen molar-refractivity contribution in [2.75, 3.05) is 0 Å². The Labute approximate surface area is 114 Å². The summed E-state index contributed by atoms with van der Waals surface area (Å²) < 4.78 is 50.9. The number of rotatable bonds is 3. The Bertz CT molecular complexity index is 519. The van der Waals surface area contributed by atoms with Gasteiger partial charge in [-0.05, 0) is 36.6 Å². The highest BCUT2D eigenvalue weighted by Crippen LogP contribution is 2.31. The van der Waals surface area contributed by atoms with Crippen LogP contribution in [0.15, 0.2) is 18.2 Å². The quantitative estimate of drug-likeness (QED) is 0.861. The van der Waals surface area contributed by atoms with Crippen LogP contribution in [0, 0.1) is 23.1 Å². The molecular formula is C14H14F4N2. The normalized spacial score (nSPS) is 22.8. The second kappa shape index (κ2) is 5.80. The van der Waals surface area contributed by atoms with Gasteiger partial charge in [-0.3, -0.25) is 0 Å². The lowest BCUT2D eigenvalue weighted by Gasteiger charge is -2.16. The number of alkyl halides is 3. The lowest BCUT2D eigenvalue weighted by atomic mass is 10.0. The number of halogens is 4. The third kappa shape index (κ3) is 3.48. The van der Waals surface area contributed by atoms with Crippen molar-refractivity contribution in [1.29, 1.82) is 5.26 Å². The lowest BCUT2D eigenvalue weighted by molar-refractivity contribution is -0.137. The van der Waals surface area contributed by atoms with Gasteiger partial charge in [-0.25, -0.2) is 4.39 Å². The Kier molecular flexibility index (Phi) is 4.29. The summed E-state index contributed by atoms with van der Waals surface area (Å²) in [4.78, 5) is 0. The summed E-state index contributed by atoms with van der Waals surface area (Å²) in [6, 6.07) is 4.65. The number of hydrogen-bond donors (Lipinski definition) is 1. The molecule has 0 aliphatic heterocycles. The maximum Gasteiger partial charge on any atom is 0.416 e. The van der Waals surface area contributed by atoms with E-state index >= 15 is 0 Å². The molecule has 2 atom stereocenters. The second-order valence-electron chi connectivity index (χ2n) is 5.00. The molecule has 0 bridgehead atoms. The van der Waals surface area contributed by atoms with Gasteiger partial charge < -0.3 is 5.32 Å². The Hall–Kier alpha value is -1.61. The first-order chi connectivity index (χ1) is 9.40. The molecule has 1 aromatic carbocycles. The number of nitrogens with one attached hydrogen (secondary N) is 1. The second-order valence-corrected chi connectivity index (χ2v) is 5.00. The van der Waals surface area contributed by atoms with Crippen molar-refractivity contribution >= 4 is 0 Å².